The minimum absolute atomic E-state index is 0.124. The van der Waals surface area contributed by atoms with Crippen LogP contribution in [0.15, 0.2) is 54.6 Å². The largest absolute Gasteiger partial charge is 0.250 e. The molecule has 4 aromatic rings. The molecule has 0 spiro atoms. The summed E-state index contributed by atoms with van der Waals surface area (Å²) in [4.78, 5) is 12.7. The van der Waals surface area contributed by atoms with Crippen LogP contribution in [0.3, 0.4) is 0 Å². The molecule has 0 aliphatic heterocycles. The third kappa shape index (κ3) is 3.85. The number of hydrogen-bond donors (Lipinski definition) is 0. The van der Waals surface area contributed by atoms with E-state index >= 15 is 0 Å². The zero-order valence-corrected chi connectivity index (χ0v) is 18.3. The highest BCUT2D eigenvalue weighted by molar-refractivity contribution is 6.67. The van der Waals surface area contributed by atoms with Gasteiger partial charge >= 0.3 is 0 Å². The molecule has 28 heavy (non-hydrogen) atoms. The lowest BCUT2D eigenvalue weighted by Crippen LogP contribution is -2.16. The van der Waals surface area contributed by atoms with Crippen molar-refractivity contribution in [3.05, 3.63) is 66.2 Å². The first-order valence-electron chi connectivity index (χ1n) is 7.96. The molecule has 0 aliphatic carbocycles. The summed E-state index contributed by atoms with van der Waals surface area (Å²) in [5.41, 5.74) is 0.705. The van der Waals surface area contributed by atoms with Crippen molar-refractivity contribution in [3.8, 4) is 11.4 Å². The normalized spacial score (nSPS) is 12.6. The Morgan fingerprint density at radius 1 is 0.536 bits per heavy atom. The van der Waals surface area contributed by atoms with Crippen molar-refractivity contribution in [2.75, 3.05) is 0 Å². The lowest BCUT2D eigenvalue weighted by molar-refractivity contribution is 0.852. The summed E-state index contributed by atoms with van der Waals surface area (Å²) < 4.78 is -3.81. The molecule has 3 aromatic carbocycles. The summed E-state index contributed by atoms with van der Waals surface area (Å²) >= 11 is 35.9. The lowest BCUT2D eigenvalue weighted by atomic mass is 9.98. The predicted octanol–water partition coefficient (Wildman–Crippen LogP) is 7.50. The fourth-order valence-corrected chi connectivity index (χ4v) is 3.49. The second kappa shape index (κ2) is 7.32. The van der Waals surface area contributed by atoms with Crippen LogP contribution in [0.25, 0.3) is 32.9 Å². The van der Waals surface area contributed by atoms with Crippen molar-refractivity contribution in [2.24, 2.45) is 0 Å². The van der Waals surface area contributed by atoms with Gasteiger partial charge in [-0.1, -0.05) is 124 Å². The van der Waals surface area contributed by atoms with E-state index in [1.54, 1.807) is 0 Å². The monoisotopic (exact) mass is 489 g/mol. The lowest BCUT2D eigenvalue weighted by Gasteiger charge is -2.16. The van der Waals surface area contributed by atoms with E-state index in [0.717, 1.165) is 21.5 Å². The molecule has 1 aromatic heterocycles. The topological polar surface area (TPSA) is 38.7 Å². The highest BCUT2D eigenvalue weighted by Crippen LogP contribution is 2.41. The quantitative estimate of drug-likeness (QED) is 0.204. The molecule has 0 radical (unpaired) electrons. The molecule has 0 atom stereocenters. The highest BCUT2D eigenvalue weighted by Gasteiger charge is 2.34. The van der Waals surface area contributed by atoms with Crippen molar-refractivity contribution in [1.29, 1.82) is 0 Å². The highest BCUT2D eigenvalue weighted by atomic mass is 35.6. The summed E-state index contributed by atoms with van der Waals surface area (Å²) in [6.07, 6.45) is 0. The van der Waals surface area contributed by atoms with E-state index < -0.39 is 7.59 Å². The number of aromatic nitrogens is 3. The molecule has 0 fully saturated rings. The summed E-state index contributed by atoms with van der Waals surface area (Å²) in [7, 11) is 0. The van der Waals surface area contributed by atoms with Gasteiger partial charge < -0.3 is 0 Å². The summed E-state index contributed by atoms with van der Waals surface area (Å²) in [6.45, 7) is 0. The van der Waals surface area contributed by atoms with E-state index in [9.17, 15) is 0 Å². The molecule has 3 nitrogen and oxygen atoms in total. The van der Waals surface area contributed by atoms with Crippen LogP contribution in [0.4, 0.5) is 0 Å². The zero-order chi connectivity index (χ0) is 20.1. The first-order chi connectivity index (χ1) is 13.1. The Bertz CT molecular complexity index is 1170. The predicted molar refractivity (Wildman–Crippen MR) is 119 cm³/mol. The molecule has 0 bridgehead atoms. The van der Waals surface area contributed by atoms with Gasteiger partial charge in [0.15, 0.2) is 17.5 Å². The van der Waals surface area contributed by atoms with Crippen LogP contribution in [-0.4, -0.2) is 15.0 Å². The molecule has 0 aliphatic rings. The third-order valence-corrected chi connectivity index (χ3v) is 5.18. The van der Waals surface area contributed by atoms with Crippen molar-refractivity contribution in [3.63, 3.8) is 0 Å². The van der Waals surface area contributed by atoms with Crippen LogP contribution in [0.5, 0.6) is 0 Å². The Morgan fingerprint density at radius 2 is 1.14 bits per heavy atom. The third-order valence-electron chi connectivity index (χ3n) is 4.17. The molecule has 0 saturated carbocycles. The maximum atomic E-state index is 5.99. The molecular weight excluding hydrogens is 483 g/mol. The molecule has 0 amide bonds. The molecule has 0 unspecified atom stereocenters. The van der Waals surface area contributed by atoms with Crippen LogP contribution < -0.4 is 0 Å². The first kappa shape index (κ1) is 20.2. The number of alkyl halides is 6. The zero-order valence-electron chi connectivity index (χ0n) is 13.8. The van der Waals surface area contributed by atoms with Gasteiger partial charge in [-0.15, -0.1) is 0 Å². The average Bonchev–Trinajstić information content (AvgIpc) is 2.65. The van der Waals surface area contributed by atoms with Crippen LogP contribution in [0.1, 0.15) is 11.6 Å². The van der Waals surface area contributed by atoms with E-state index in [-0.39, 0.29) is 17.5 Å². The van der Waals surface area contributed by atoms with Gasteiger partial charge in [0, 0.05) is 5.56 Å². The van der Waals surface area contributed by atoms with Gasteiger partial charge in [0.2, 0.25) is 7.59 Å². The molecule has 0 saturated heterocycles. The van der Waals surface area contributed by atoms with E-state index in [1.165, 1.54) is 0 Å². The van der Waals surface area contributed by atoms with Gasteiger partial charge in [-0.05, 0) is 21.5 Å². The molecule has 9 heteroatoms. The van der Waals surface area contributed by atoms with Crippen LogP contribution >= 0.6 is 69.6 Å². The van der Waals surface area contributed by atoms with E-state index in [1.807, 2.05) is 54.6 Å². The average molecular weight is 492 g/mol. The Morgan fingerprint density at radius 3 is 1.79 bits per heavy atom. The molecule has 1 heterocycles. The minimum Gasteiger partial charge on any atom is -0.209 e. The summed E-state index contributed by atoms with van der Waals surface area (Å²) in [5, 5.41) is 4.16. The SMILES string of the molecule is ClC(Cl)(Cl)c1nc(-c2cccc3c2ccc2ccccc23)nc(C(Cl)(Cl)Cl)n1. The molecule has 0 N–H and O–H groups in total. The van der Waals surface area contributed by atoms with Gasteiger partial charge in [0.05, 0.1) is 0 Å². The van der Waals surface area contributed by atoms with E-state index in [2.05, 4.69) is 15.0 Å². The van der Waals surface area contributed by atoms with Gasteiger partial charge in [-0.3, -0.25) is 0 Å². The number of nitrogens with zero attached hydrogens (tertiary/aromatic N) is 3. The first-order valence-corrected chi connectivity index (χ1v) is 10.2. The fraction of sp³-hybridized carbons (Fsp3) is 0.105. The second-order valence-corrected chi connectivity index (χ2v) is 10.6. The van der Waals surface area contributed by atoms with Crippen LogP contribution in [0, 0.1) is 0 Å². The van der Waals surface area contributed by atoms with Gasteiger partial charge in [0.1, 0.15) is 0 Å². The standard InChI is InChI=1S/C19H9Cl6N3/c20-18(21,22)16-26-15(27-17(28-16)19(23,24)25)14-7-3-6-12-11-5-2-1-4-10(11)8-9-13(12)14/h1-9H. The number of rotatable bonds is 1. The molecule has 142 valence electrons. The van der Waals surface area contributed by atoms with Gasteiger partial charge in [-0.25, -0.2) is 15.0 Å². The molecular formula is C19H9Cl6N3. The maximum absolute atomic E-state index is 5.99. The second-order valence-electron chi connectivity index (χ2n) is 5.99. The van der Waals surface area contributed by atoms with Crippen molar-refractivity contribution in [1.82, 2.24) is 15.0 Å². The van der Waals surface area contributed by atoms with Crippen LogP contribution in [-0.2, 0) is 7.59 Å². The van der Waals surface area contributed by atoms with Crippen LogP contribution in [0.2, 0.25) is 0 Å². The number of fused-ring (bicyclic) bond motifs is 3. The smallest absolute Gasteiger partial charge is 0.209 e. The van der Waals surface area contributed by atoms with Crippen molar-refractivity contribution >= 4 is 91.2 Å². The summed E-state index contributed by atoms with van der Waals surface area (Å²) in [5.74, 6) is 0.00163. The van der Waals surface area contributed by atoms with Crippen molar-refractivity contribution in [2.45, 2.75) is 7.59 Å². The van der Waals surface area contributed by atoms with E-state index in [4.69, 9.17) is 69.6 Å². The Kier molecular flexibility index (Phi) is 5.28. The number of benzene rings is 3. The maximum Gasteiger partial charge on any atom is 0.250 e. The molecule has 4 rings (SSSR count). The minimum atomic E-state index is -1.90. The Hall–Kier alpha value is -1.07. The van der Waals surface area contributed by atoms with Gasteiger partial charge in [0.25, 0.3) is 0 Å². The fourth-order valence-electron chi connectivity index (χ4n) is 2.99. The summed E-state index contributed by atoms with van der Waals surface area (Å²) in [6, 6.07) is 17.9. The van der Waals surface area contributed by atoms with E-state index in [0.29, 0.717) is 5.56 Å². The van der Waals surface area contributed by atoms with Gasteiger partial charge in [-0.2, -0.15) is 0 Å². The number of hydrogen-bond acceptors (Lipinski definition) is 3. The Labute approximate surface area is 190 Å². The Balaban J connectivity index is 2.04. The number of halogens is 6. The van der Waals surface area contributed by atoms with Crippen molar-refractivity contribution < 1.29 is 0 Å².